The van der Waals surface area contributed by atoms with Crippen LogP contribution in [0.25, 0.3) is 0 Å². The van der Waals surface area contributed by atoms with Gasteiger partial charge in [-0.2, -0.15) is 4.98 Å². The monoisotopic (exact) mass is 237 g/mol. The Hall–Kier alpha value is -1.36. The maximum absolute atomic E-state index is 9.94. The molecular weight excluding hydrogens is 218 g/mol. The zero-order valence-corrected chi connectivity index (χ0v) is 10.3. The van der Waals surface area contributed by atoms with Gasteiger partial charge in [0, 0.05) is 18.8 Å². The lowest BCUT2D eigenvalue weighted by Gasteiger charge is -2.36. The molecule has 1 heterocycles. The van der Waals surface area contributed by atoms with Gasteiger partial charge in [-0.25, -0.2) is 4.98 Å². The molecule has 5 heteroatoms. The molecule has 0 bridgehead atoms. The smallest absolute Gasteiger partial charge is 0.226 e. The van der Waals surface area contributed by atoms with E-state index in [1.165, 1.54) is 0 Å². The fourth-order valence-electron chi connectivity index (χ4n) is 1.74. The fourth-order valence-corrected chi connectivity index (χ4v) is 1.74. The molecule has 17 heavy (non-hydrogen) atoms. The van der Waals surface area contributed by atoms with Gasteiger partial charge in [0.15, 0.2) is 0 Å². The van der Waals surface area contributed by atoms with Crippen molar-refractivity contribution in [1.29, 1.82) is 0 Å². The van der Waals surface area contributed by atoms with E-state index in [1.807, 2.05) is 13.8 Å². The molecule has 0 amide bonds. The molecule has 1 aliphatic carbocycles. The van der Waals surface area contributed by atoms with E-state index in [9.17, 15) is 5.11 Å². The molecule has 1 aromatic heterocycles. The van der Waals surface area contributed by atoms with E-state index in [4.69, 9.17) is 4.74 Å². The summed E-state index contributed by atoms with van der Waals surface area (Å²) in [5, 5.41) is 13.0. The lowest BCUT2D eigenvalue weighted by Crippen LogP contribution is -2.43. The van der Waals surface area contributed by atoms with Gasteiger partial charge >= 0.3 is 0 Å². The summed E-state index contributed by atoms with van der Waals surface area (Å²) in [4.78, 5) is 8.31. The van der Waals surface area contributed by atoms with Crippen LogP contribution in [0, 0.1) is 0 Å². The summed E-state index contributed by atoms with van der Waals surface area (Å²) < 4.78 is 5.47. The zero-order valence-electron chi connectivity index (χ0n) is 10.3. The predicted molar refractivity (Wildman–Crippen MR) is 65.1 cm³/mol. The topological polar surface area (TPSA) is 67.3 Å². The van der Waals surface area contributed by atoms with Crippen molar-refractivity contribution in [3.63, 3.8) is 0 Å². The SMILES string of the molecule is CC(C)Oc1ccnc(NCC2(O)CCC2)n1. The van der Waals surface area contributed by atoms with E-state index >= 15 is 0 Å². The Morgan fingerprint density at radius 1 is 1.53 bits per heavy atom. The lowest BCUT2D eigenvalue weighted by molar-refractivity contribution is -0.0203. The van der Waals surface area contributed by atoms with E-state index in [-0.39, 0.29) is 6.10 Å². The van der Waals surface area contributed by atoms with Gasteiger partial charge in [-0.15, -0.1) is 0 Å². The maximum Gasteiger partial charge on any atom is 0.226 e. The summed E-state index contributed by atoms with van der Waals surface area (Å²) in [6, 6.07) is 1.73. The van der Waals surface area contributed by atoms with E-state index in [0.717, 1.165) is 19.3 Å². The van der Waals surface area contributed by atoms with Gasteiger partial charge < -0.3 is 15.2 Å². The van der Waals surface area contributed by atoms with Crippen LogP contribution in [-0.4, -0.2) is 33.3 Å². The first-order valence-electron chi connectivity index (χ1n) is 6.03. The molecule has 0 spiro atoms. The van der Waals surface area contributed by atoms with Crippen LogP contribution in [0.15, 0.2) is 12.3 Å². The van der Waals surface area contributed by atoms with Crippen LogP contribution in [0.4, 0.5) is 5.95 Å². The predicted octanol–water partition coefficient (Wildman–Crippen LogP) is 1.59. The van der Waals surface area contributed by atoms with Gasteiger partial charge in [0.05, 0.1) is 11.7 Å². The largest absolute Gasteiger partial charge is 0.475 e. The summed E-state index contributed by atoms with van der Waals surface area (Å²) in [6.07, 6.45) is 4.53. The maximum atomic E-state index is 9.94. The highest BCUT2D eigenvalue weighted by Crippen LogP contribution is 2.31. The van der Waals surface area contributed by atoms with Crippen LogP contribution < -0.4 is 10.1 Å². The summed E-state index contributed by atoms with van der Waals surface area (Å²) in [5.74, 6) is 1.06. The first-order chi connectivity index (χ1) is 8.07. The second-order valence-electron chi connectivity index (χ2n) is 4.82. The number of nitrogens with one attached hydrogen (secondary N) is 1. The number of ether oxygens (including phenoxy) is 1. The Balaban J connectivity index is 1.91. The standard InChI is InChI=1S/C12H19N3O2/c1-9(2)17-10-4-7-13-11(15-10)14-8-12(16)5-3-6-12/h4,7,9,16H,3,5-6,8H2,1-2H3,(H,13,14,15). The quantitative estimate of drug-likeness (QED) is 0.814. The number of aliphatic hydroxyl groups is 1. The van der Waals surface area contributed by atoms with Crippen molar-refractivity contribution in [2.75, 3.05) is 11.9 Å². The highest BCUT2D eigenvalue weighted by atomic mass is 16.5. The number of hydrogen-bond donors (Lipinski definition) is 2. The van der Waals surface area contributed by atoms with Gasteiger partial charge in [-0.1, -0.05) is 0 Å². The average molecular weight is 237 g/mol. The van der Waals surface area contributed by atoms with Crippen LogP contribution in [0.1, 0.15) is 33.1 Å². The van der Waals surface area contributed by atoms with Crippen molar-refractivity contribution in [2.24, 2.45) is 0 Å². The third kappa shape index (κ3) is 3.30. The molecule has 1 aromatic rings. The fraction of sp³-hybridized carbons (Fsp3) is 0.667. The summed E-state index contributed by atoms with van der Waals surface area (Å²) >= 11 is 0. The molecule has 1 aliphatic rings. The molecule has 0 saturated heterocycles. The van der Waals surface area contributed by atoms with Crippen LogP contribution in [0.3, 0.4) is 0 Å². The molecular formula is C12H19N3O2. The van der Waals surface area contributed by atoms with Crippen LogP contribution in [-0.2, 0) is 0 Å². The van der Waals surface area contributed by atoms with Crippen molar-refractivity contribution >= 4 is 5.95 Å². The van der Waals surface area contributed by atoms with Gasteiger partial charge in [0.2, 0.25) is 11.8 Å². The van der Waals surface area contributed by atoms with Crippen LogP contribution in [0.5, 0.6) is 5.88 Å². The zero-order chi connectivity index (χ0) is 12.3. The Labute approximate surface area is 101 Å². The molecule has 0 unspecified atom stereocenters. The third-order valence-corrected chi connectivity index (χ3v) is 2.85. The first kappa shape index (κ1) is 12.1. The van der Waals surface area contributed by atoms with Crippen LogP contribution in [0.2, 0.25) is 0 Å². The molecule has 1 saturated carbocycles. The molecule has 1 fully saturated rings. The summed E-state index contributed by atoms with van der Waals surface area (Å²) in [5.41, 5.74) is -0.571. The number of anilines is 1. The van der Waals surface area contributed by atoms with Gasteiger partial charge in [-0.05, 0) is 33.1 Å². The molecule has 0 aliphatic heterocycles. The Morgan fingerprint density at radius 3 is 2.88 bits per heavy atom. The van der Waals surface area contributed by atoms with Crippen molar-refractivity contribution in [3.8, 4) is 5.88 Å². The number of rotatable bonds is 5. The highest BCUT2D eigenvalue weighted by Gasteiger charge is 2.34. The molecule has 2 N–H and O–H groups in total. The minimum atomic E-state index is -0.571. The molecule has 0 atom stereocenters. The van der Waals surface area contributed by atoms with E-state index < -0.39 is 5.60 Å². The van der Waals surface area contributed by atoms with E-state index in [1.54, 1.807) is 12.3 Å². The van der Waals surface area contributed by atoms with Crippen molar-refractivity contribution in [1.82, 2.24) is 9.97 Å². The van der Waals surface area contributed by atoms with Crippen LogP contribution >= 0.6 is 0 Å². The molecule has 0 aromatic carbocycles. The summed E-state index contributed by atoms with van der Waals surface area (Å²) in [6.45, 7) is 4.40. The van der Waals surface area contributed by atoms with Crippen molar-refractivity contribution in [3.05, 3.63) is 12.3 Å². The molecule has 0 radical (unpaired) electrons. The Morgan fingerprint density at radius 2 is 2.29 bits per heavy atom. The number of hydrogen-bond acceptors (Lipinski definition) is 5. The second-order valence-corrected chi connectivity index (χ2v) is 4.82. The highest BCUT2D eigenvalue weighted by molar-refractivity contribution is 5.28. The normalized spacial score (nSPS) is 17.6. The molecule has 2 rings (SSSR count). The van der Waals surface area contributed by atoms with Crippen molar-refractivity contribution < 1.29 is 9.84 Å². The van der Waals surface area contributed by atoms with E-state index in [2.05, 4.69) is 15.3 Å². The first-order valence-corrected chi connectivity index (χ1v) is 6.03. The molecule has 94 valence electrons. The molecule has 5 nitrogen and oxygen atoms in total. The number of aromatic nitrogens is 2. The Bertz CT molecular complexity index is 378. The van der Waals surface area contributed by atoms with E-state index in [0.29, 0.717) is 18.4 Å². The third-order valence-electron chi connectivity index (χ3n) is 2.85. The Kier molecular flexibility index (Phi) is 3.47. The number of nitrogens with zero attached hydrogens (tertiary/aromatic N) is 2. The second kappa shape index (κ2) is 4.87. The van der Waals surface area contributed by atoms with Gasteiger partial charge in [0.1, 0.15) is 0 Å². The lowest BCUT2D eigenvalue weighted by atomic mass is 9.80. The minimum absolute atomic E-state index is 0.0913. The summed E-state index contributed by atoms with van der Waals surface area (Å²) in [7, 11) is 0. The van der Waals surface area contributed by atoms with Crippen molar-refractivity contribution in [2.45, 2.75) is 44.8 Å². The van der Waals surface area contributed by atoms with Gasteiger partial charge in [0.25, 0.3) is 0 Å². The minimum Gasteiger partial charge on any atom is -0.475 e. The average Bonchev–Trinajstić information content (AvgIpc) is 2.23. The van der Waals surface area contributed by atoms with Gasteiger partial charge in [-0.3, -0.25) is 0 Å².